The summed E-state index contributed by atoms with van der Waals surface area (Å²) in [6.07, 6.45) is 5.67. The summed E-state index contributed by atoms with van der Waals surface area (Å²) in [5.41, 5.74) is 0. The maximum absolute atomic E-state index is 9.29. The van der Waals surface area contributed by atoms with Crippen LogP contribution in [0.4, 0.5) is 0 Å². The van der Waals surface area contributed by atoms with Crippen LogP contribution < -0.4 is 0 Å². The van der Waals surface area contributed by atoms with E-state index in [0.717, 1.165) is 44.0 Å². The molecule has 1 atom stereocenters. The molecule has 1 fully saturated rings. The quantitative estimate of drug-likeness (QED) is 0.844. The second-order valence-corrected chi connectivity index (χ2v) is 5.53. The van der Waals surface area contributed by atoms with Gasteiger partial charge in [-0.1, -0.05) is 0 Å². The summed E-state index contributed by atoms with van der Waals surface area (Å²) in [6.45, 7) is 4.75. The van der Waals surface area contributed by atoms with Crippen LogP contribution >= 0.6 is 0 Å². The number of likely N-dealkylation sites (tertiary alicyclic amines) is 1. The third kappa shape index (κ3) is 2.42. The molecular weight excluding hydrogens is 228 g/mol. The first-order chi connectivity index (χ1) is 8.86. The van der Waals surface area contributed by atoms with Gasteiger partial charge in [0.25, 0.3) is 0 Å². The molecule has 0 spiro atoms. The Morgan fingerprint density at radius 1 is 1.22 bits per heavy atom. The summed E-state index contributed by atoms with van der Waals surface area (Å²) in [7, 11) is 0. The molecule has 2 aliphatic heterocycles. The molecular formula is C13H22N4O. The van der Waals surface area contributed by atoms with Crippen LogP contribution in [0.1, 0.15) is 30.9 Å². The van der Waals surface area contributed by atoms with E-state index in [1.54, 1.807) is 0 Å². The van der Waals surface area contributed by atoms with E-state index < -0.39 is 0 Å². The number of nitrogens with zero attached hydrogens (tertiary/aromatic N) is 4. The molecule has 0 radical (unpaired) electrons. The normalized spacial score (nSPS) is 24.4. The summed E-state index contributed by atoms with van der Waals surface area (Å²) >= 11 is 0. The zero-order valence-corrected chi connectivity index (χ0v) is 10.9. The van der Waals surface area contributed by atoms with E-state index in [-0.39, 0.29) is 6.61 Å². The van der Waals surface area contributed by atoms with Crippen molar-refractivity contribution in [3.05, 3.63) is 11.6 Å². The molecule has 0 aliphatic carbocycles. The van der Waals surface area contributed by atoms with Gasteiger partial charge in [-0.2, -0.15) is 0 Å². The van der Waals surface area contributed by atoms with E-state index in [1.165, 1.54) is 25.9 Å². The van der Waals surface area contributed by atoms with E-state index in [2.05, 4.69) is 19.7 Å². The molecule has 5 nitrogen and oxygen atoms in total. The number of aromatic nitrogens is 3. The van der Waals surface area contributed by atoms with Crippen LogP contribution in [0.5, 0.6) is 0 Å². The molecule has 3 rings (SSSR count). The van der Waals surface area contributed by atoms with Crippen molar-refractivity contribution in [3.8, 4) is 0 Å². The molecule has 0 aromatic carbocycles. The average Bonchev–Trinajstić information content (AvgIpc) is 3.05. The Hall–Kier alpha value is -0.940. The Labute approximate surface area is 108 Å². The molecule has 0 saturated carbocycles. The van der Waals surface area contributed by atoms with E-state index in [4.69, 9.17) is 0 Å². The third-order valence-electron chi connectivity index (χ3n) is 4.23. The molecule has 100 valence electrons. The van der Waals surface area contributed by atoms with Gasteiger partial charge in [-0.05, 0) is 32.4 Å². The predicted octanol–water partition coefficient (Wildman–Crippen LogP) is 0.471. The van der Waals surface area contributed by atoms with Crippen molar-refractivity contribution in [2.24, 2.45) is 5.92 Å². The van der Waals surface area contributed by atoms with Gasteiger partial charge in [0.1, 0.15) is 11.6 Å². The monoisotopic (exact) mass is 250 g/mol. The fourth-order valence-corrected chi connectivity index (χ4v) is 3.05. The van der Waals surface area contributed by atoms with Crippen LogP contribution in [0, 0.1) is 5.92 Å². The molecule has 2 aliphatic rings. The highest BCUT2D eigenvalue weighted by Gasteiger charge is 2.22. The van der Waals surface area contributed by atoms with Gasteiger partial charge in [-0.25, -0.2) is 0 Å². The number of hydrogen-bond acceptors (Lipinski definition) is 4. The molecule has 1 unspecified atom stereocenters. The number of aryl methyl sites for hydroxylation is 1. The van der Waals surface area contributed by atoms with E-state index in [0.29, 0.717) is 5.92 Å². The van der Waals surface area contributed by atoms with E-state index in [1.807, 2.05) is 0 Å². The second kappa shape index (κ2) is 5.36. The van der Waals surface area contributed by atoms with Crippen molar-refractivity contribution in [2.75, 3.05) is 26.2 Å². The van der Waals surface area contributed by atoms with Gasteiger partial charge < -0.3 is 14.6 Å². The van der Waals surface area contributed by atoms with Crippen LogP contribution in [-0.2, 0) is 19.4 Å². The van der Waals surface area contributed by atoms with Crippen molar-refractivity contribution in [1.82, 2.24) is 19.7 Å². The van der Waals surface area contributed by atoms with Crippen LogP contribution in [0.3, 0.4) is 0 Å². The van der Waals surface area contributed by atoms with Crippen molar-refractivity contribution in [2.45, 2.75) is 38.6 Å². The molecule has 0 amide bonds. The minimum absolute atomic E-state index is 0.281. The Kier molecular flexibility index (Phi) is 3.61. The number of aliphatic hydroxyl groups excluding tert-OH is 1. The Morgan fingerprint density at radius 3 is 2.83 bits per heavy atom. The van der Waals surface area contributed by atoms with Gasteiger partial charge >= 0.3 is 0 Å². The van der Waals surface area contributed by atoms with Gasteiger partial charge in [0.2, 0.25) is 0 Å². The van der Waals surface area contributed by atoms with Crippen LogP contribution in [-0.4, -0.2) is 51.0 Å². The second-order valence-electron chi connectivity index (χ2n) is 5.53. The Morgan fingerprint density at radius 2 is 2.06 bits per heavy atom. The molecule has 1 aromatic rings. The lowest BCUT2D eigenvalue weighted by Gasteiger charge is -2.23. The molecule has 5 heteroatoms. The lowest BCUT2D eigenvalue weighted by atomic mass is 10.0. The van der Waals surface area contributed by atoms with E-state index >= 15 is 0 Å². The summed E-state index contributed by atoms with van der Waals surface area (Å²) < 4.78 is 2.24. The summed E-state index contributed by atoms with van der Waals surface area (Å²) in [5.74, 6) is 2.60. The minimum atomic E-state index is 0.281. The largest absolute Gasteiger partial charge is 0.396 e. The van der Waals surface area contributed by atoms with Crippen molar-refractivity contribution >= 4 is 0 Å². The summed E-state index contributed by atoms with van der Waals surface area (Å²) in [5, 5.41) is 17.9. The first kappa shape index (κ1) is 12.1. The summed E-state index contributed by atoms with van der Waals surface area (Å²) in [4.78, 5) is 2.51. The van der Waals surface area contributed by atoms with Crippen molar-refractivity contribution in [3.63, 3.8) is 0 Å². The fourth-order valence-electron chi connectivity index (χ4n) is 3.05. The highest BCUT2D eigenvalue weighted by molar-refractivity contribution is 5.00. The number of aliphatic hydroxyl groups is 1. The molecule has 1 saturated heterocycles. The average molecular weight is 250 g/mol. The summed E-state index contributed by atoms with van der Waals surface area (Å²) in [6, 6.07) is 0. The zero-order valence-electron chi connectivity index (χ0n) is 10.9. The lowest BCUT2D eigenvalue weighted by molar-refractivity contribution is 0.189. The number of rotatable bonds is 4. The fraction of sp³-hybridized carbons (Fsp3) is 0.846. The third-order valence-corrected chi connectivity index (χ3v) is 4.23. The molecule has 3 heterocycles. The van der Waals surface area contributed by atoms with Crippen LogP contribution in [0.15, 0.2) is 0 Å². The molecule has 0 bridgehead atoms. The highest BCUT2D eigenvalue weighted by Crippen LogP contribution is 2.20. The van der Waals surface area contributed by atoms with Crippen molar-refractivity contribution < 1.29 is 5.11 Å². The number of hydrogen-bond donors (Lipinski definition) is 1. The van der Waals surface area contributed by atoms with Gasteiger partial charge in [0.05, 0.1) is 0 Å². The maximum Gasteiger partial charge on any atom is 0.134 e. The first-order valence-electron chi connectivity index (χ1n) is 7.11. The molecule has 18 heavy (non-hydrogen) atoms. The SMILES string of the molecule is OCC1CCc2nnc(CCN3CCCC3)n2C1. The molecule has 1 aromatic heterocycles. The number of fused-ring (bicyclic) bond motifs is 1. The first-order valence-corrected chi connectivity index (χ1v) is 7.11. The van der Waals surface area contributed by atoms with Gasteiger partial charge in [-0.3, -0.25) is 0 Å². The Balaban J connectivity index is 1.64. The maximum atomic E-state index is 9.29. The smallest absolute Gasteiger partial charge is 0.134 e. The van der Waals surface area contributed by atoms with Gasteiger partial charge in [0, 0.05) is 38.5 Å². The van der Waals surface area contributed by atoms with Gasteiger partial charge in [-0.15, -0.1) is 10.2 Å². The molecule has 1 N–H and O–H groups in total. The van der Waals surface area contributed by atoms with Crippen LogP contribution in [0.25, 0.3) is 0 Å². The Bertz CT molecular complexity index is 398. The van der Waals surface area contributed by atoms with Crippen molar-refractivity contribution in [1.29, 1.82) is 0 Å². The van der Waals surface area contributed by atoms with Crippen LogP contribution in [0.2, 0.25) is 0 Å². The standard InChI is InChI=1S/C13H22N4O/c18-10-11-3-4-12-14-15-13(17(12)9-11)5-8-16-6-1-2-7-16/h11,18H,1-10H2. The predicted molar refractivity (Wildman–Crippen MR) is 68.3 cm³/mol. The highest BCUT2D eigenvalue weighted by atomic mass is 16.3. The zero-order chi connectivity index (χ0) is 12.4. The van der Waals surface area contributed by atoms with E-state index in [9.17, 15) is 5.11 Å². The topological polar surface area (TPSA) is 54.2 Å². The minimum Gasteiger partial charge on any atom is -0.396 e. The van der Waals surface area contributed by atoms with Gasteiger partial charge in [0.15, 0.2) is 0 Å². The lowest BCUT2D eigenvalue weighted by Crippen LogP contribution is -2.27.